The van der Waals surface area contributed by atoms with Gasteiger partial charge >= 0.3 is 0 Å². The molecule has 0 bridgehead atoms. The van der Waals surface area contributed by atoms with E-state index in [9.17, 15) is 0 Å². The summed E-state index contributed by atoms with van der Waals surface area (Å²) in [5.41, 5.74) is 2.13. The van der Waals surface area contributed by atoms with E-state index in [2.05, 4.69) is 26.2 Å². The van der Waals surface area contributed by atoms with Gasteiger partial charge in [0.1, 0.15) is 0 Å². The van der Waals surface area contributed by atoms with Crippen LogP contribution in [-0.4, -0.2) is 12.0 Å². The maximum absolute atomic E-state index is 6.31. The Hall–Kier alpha value is -0.900. The Bertz CT molecular complexity index is 502. The second kappa shape index (κ2) is 5.63. The Morgan fingerprint density at radius 1 is 1.29 bits per heavy atom. The topological polar surface area (TPSA) is 24.9 Å². The molecule has 1 N–H and O–H groups in total. The van der Waals surface area contributed by atoms with Crippen LogP contribution in [0.1, 0.15) is 17.2 Å². The summed E-state index contributed by atoms with van der Waals surface area (Å²) in [4.78, 5) is 4.14. The molecule has 2 rings (SSSR count). The van der Waals surface area contributed by atoms with Crippen LogP contribution in [0.25, 0.3) is 0 Å². The highest BCUT2D eigenvalue weighted by atomic mass is 79.9. The van der Waals surface area contributed by atoms with Crippen LogP contribution in [-0.2, 0) is 0 Å². The lowest BCUT2D eigenvalue weighted by Gasteiger charge is -2.18. The van der Waals surface area contributed by atoms with Gasteiger partial charge in [0, 0.05) is 16.9 Å². The van der Waals surface area contributed by atoms with Crippen molar-refractivity contribution in [2.75, 3.05) is 7.05 Å². The molecule has 2 nitrogen and oxygen atoms in total. The number of pyridine rings is 1. The van der Waals surface area contributed by atoms with E-state index in [1.165, 1.54) is 0 Å². The van der Waals surface area contributed by atoms with E-state index in [4.69, 9.17) is 11.6 Å². The van der Waals surface area contributed by atoms with Gasteiger partial charge < -0.3 is 5.32 Å². The van der Waals surface area contributed by atoms with Crippen molar-refractivity contribution in [1.29, 1.82) is 0 Å². The summed E-state index contributed by atoms with van der Waals surface area (Å²) in [7, 11) is 1.91. The predicted molar refractivity (Wildman–Crippen MR) is 74.3 cm³/mol. The highest BCUT2D eigenvalue weighted by Gasteiger charge is 2.16. The first-order valence-electron chi connectivity index (χ1n) is 5.25. The summed E-state index contributed by atoms with van der Waals surface area (Å²) in [5.74, 6) is 0. The summed E-state index contributed by atoms with van der Waals surface area (Å²) in [6, 6.07) is 9.93. The third-order valence-corrected chi connectivity index (χ3v) is 3.91. The van der Waals surface area contributed by atoms with Gasteiger partial charge in [-0.1, -0.05) is 29.8 Å². The molecule has 17 heavy (non-hydrogen) atoms. The molecule has 1 aromatic carbocycles. The first-order valence-corrected chi connectivity index (χ1v) is 6.42. The van der Waals surface area contributed by atoms with Crippen molar-refractivity contribution in [3.8, 4) is 0 Å². The van der Waals surface area contributed by atoms with Crippen molar-refractivity contribution in [3.63, 3.8) is 0 Å². The van der Waals surface area contributed by atoms with E-state index in [1.807, 2.05) is 43.6 Å². The molecule has 1 unspecified atom stereocenters. The molecule has 88 valence electrons. The molecule has 1 atom stereocenters. The minimum atomic E-state index is 0.0497. The highest BCUT2D eigenvalue weighted by Crippen LogP contribution is 2.32. The Balaban J connectivity index is 2.46. The van der Waals surface area contributed by atoms with Gasteiger partial charge in [0.25, 0.3) is 0 Å². The molecule has 0 aliphatic heterocycles. The molecular formula is C13H12BrClN2. The molecule has 0 radical (unpaired) electrons. The van der Waals surface area contributed by atoms with Gasteiger partial charge in [0.05, 0.1) is 11.1 Å². The zero-order valence-electron chi connectivity index (χ0n) is 9.32. The molecule has 0 aliphatic rings. The number of benzene rings is 1. The molecular weight excluding hydrogens is 300 g/mol. The van der Waals surface area contributed by atoms with E-state index >= 15 is 0 Å². The number of nitrogens with zero attached hydrogens (tertiary/aromatic N) is 1. The zero-order valence-corrected chi connectivity index (χ0v) is 11.7. The van der Waals surface area contributed by atoms with Crippen LogP contribution in [0.3, 0.4) is 0 Å². The van der Waals surface area contributed by atoms with Crippen LogP contribution in [0, 0.1) is 0 Å². The molecule has 0 aliphatic carbocycles. The number of halogens is 2. The van der Waals surface area contributed by atoms with Crippen molar-refractivity contribution < 1.29 is 0 Å². The maximum Gasteiger partial charge on any atom is 0.0604 e. The lowest BCUT2D eigenvalue weighted by molar-refractivity contribution is 0.688. The van der Waals surface area contributed by atoms with Gasteiger partial charge in [-0.15, -0.1) is 0 Å². The van der Waals surface area contributed by atoms with E-state index < -0.39 is 0 Å². The van der Waals surface area contributed by atoms with Gasteiger partial charge in [-0.05, 0) is 46.2 Å². The van der Waals surface area contributed by atoms with Gasteiger partial charge in [0.15, 0.2) is 0 Å². The van der Waals surface area contributed by atoms with Crippen molar-refractivity contribution in [3.05, 3.63) is 63.3 Å². The molecule has 2 aromatic rings. The van der Waals surface area contributed by atoms with Crippen LogP contribution >= 0.6 is 27.5 Å². The fourth-order valence-electron chi connectivity index (χ4n) is 1.79. The van der Waals surface area contributed by atoms with Crippen molar-refractivity contribution in [1.82, 2.24) is 10.3 Å². The van der Waals surface area contributed by atoms with E-state index in [-0.39, 0.29) is 6.04 Å². The fraction of sp³-hybridized carbons (Fsp3) is 0.154. The van der Waals surface area contributed by atoms with E-state index in [1.54, 1.807) is 6.20 Å². The quantitative estimate of drug-likeness (QED) is 0.932. The van der Waals surface area contributed by atoms with E-state index in [0.29, 0.717) is 0 Å². The molecule has 0 saturated heterocycles. The normalized spacial score (nSPS) is 12.4. The number of hydrogen-bond acceptors (Lipinski definition) is 2. The van der Waals surface area contributed by atoms with Gasteiger partial charge in [-0.2, -0.15) is 0 Å². The SMILES string of the molecule is CNC(c1cccnc1)c1cccc(Br)c1Cl. The average Bonchev–Trinajstić information content (AvgIpc) is 2.37. The third kappa shape index (κ3) is 2.68. The number of rotatable bonds is 3. The second-order valence-electron chi connectivity index (χ2n) is 3.65. The van der Waals surface area contributed by atoms with Crippen LogP contribution < -0.4 is 5.32 Å². The lowest BCUT2D eigenvalue weighted by atomic mass is 10.0. The summed E-state index contributed by atoms with van der Waals surface area (Å²) in [5, 5.41) is 3.99. The molecule has 1 heterocycles. The van der Waals surface area contributed by atoms with Crippen molar-refractivity contribution in [2.24, 2.45) is 0 Å². The van der Waals surface area contributed by atoms with Crippen molar-refractivity contribution >= 4 is 27.5 Å². The molecule has 1 aromatic heterocycles. The van der Waals surface area contributed by atoms with E-state index in [0.717, 1.165) is 20.6 Å². The Morgan fingerprint density at radius 3 is 2.76 bits per heavy atom. The monoisotopic (exact) mass is 310 g/mol. The summed E-state index contributed by atoms with van der Waals surface area (Å²) < 4.78 is 0.904. The smallest absolute Gasteiger partial charge is 0.0604 e. The minimum absolute atomic E-state index is 0.0497. The van der Waals surface area contributed by atoms with Gasteiger partial charge in [-0.25, -0.2) is 0 Å². The first-order chi connectivity index (χ1) is 8.24. The third-order valence-electron chi connectivity index (χ3n) is 2.60. The number of aromatic nitrogens is 1. The fourth-order valence-corrected chi connectivity index (χ4v) is 2.41. The predicted octanol–water partition coefficient (Wildman–Crippen LogP) is 3.81. The highest BCUT2D eigenvalue weighted by molar-refractivity contribution is 9.10. The Morgan fingerprint density at radius 2 is 2.12 bits per heavy atom. The van der Waals surface area contributed by atoms with Gasteiger partial charge in [-0.3, -0.25) is 4.98 Å². The molecule has 0 spiro atoms. The molecule has 0 amide bonds. The van der Waals surface area contributed by atoms with Crippen LogP contribution in [0.5, 0.6) is 0 Å². The first kappa shape index (κ1) is 12.6. The van der Waals surface area contributed by atoms with Crippen LogP contribution in [0.2, 0.25) is 5.02 Å². The number of hydrogen-bond donors (Lipinski definition) is 1. The summed E-state index contributed by atoms with van der Waals surface area (Å²) in [6.07, 6.45) is 3.61. The molecule has 0 saturated carbocycles. The largest absolute Gasteiger partial charge is 0.309 e. The van der Waals surface area contributed by atoms with Crippen LogP contribution in [0.15, 0.2) is 47.2 Å². The molecule has 4 heteroatoms. The van der Waals surface area contributed by atoms with Crippen LogP contribution in [0.4, 0.5) is 0 Å². The zero-order chi connectivity index (χ0) is 12.3. The number of nitrogens with one attached hydrogen (secondary N) is 1. The van der Waals surface area contributed by atoms with Gasteiger partial charge in [0.2, 0.25) is 0 Å². The Kier molecular flexibility index (Phi) is 4.15. The second-order valence-corrected chi connectivity index (χ2v) is 4.88. The summed E-state index contributed by atoms with van der Waals surface area (Å²) >= 11 is 9.75. The average molecular weight is 312 g/mol. The standard InChI is InChI=1S/C13H12BrClN2/c1-16-13(9-4-3-7-17-8-9)10-5-2-6-11(14)12(10)15/h2-8,13,16H,1H3. The van der Waals surface area contributed by atoms with Crippen molar-refractivity contribution in [2.45, 2.75) is 6.04 Å². The Labute approximate surface area is 114 Å². The lowest BCUT2D eigenvalue weighted by Crippen LogP contribution is -2.18. The summed E-state index contributed by atoms with van der Waals surface area (Å²) in [6.45, 7) is 0. The maximum atomic E-state index is 6.31. The minimum Gasteiger partial charge on any atom is -0.309 e. The molecule has 0 fully saturated rings.